The van der Waals surface area contributed by atoms with Gasteiger partial charge in [-0.15, -0.1) is 11.3 Å². The van der Waals surface area contributed by atoms with Gasteiger partial charge in [0.05, 0.1) is 6.42 Å². The summed E-state index contributed by atoms with van der Waals surface area (Å²) in [6.07, 6.45) is -2.39. The number of ketones is 1. The molecule has 2 aromatic rings. The average Bonchev–Trinajstić information content (AvgIpc) is 2.91. The molecule has 0 fully saturated rings. The van der Waals surface area contributed by atoms with Crippen LogP contribution in [-0.4, -0.2) is 12.0 Å². The lowest BCUT2D eigenvalue weighted by Gasteiger charge is -2.29. The molecule has 0 radical (unpaired) electrons. The van der Waals surface area contributed by atoms with Crippen molar-refractivity contribution in [3.8, 4) is 10.4 Å². The Morgan fingerprint density at radius 3 is 2.64 bits per heavy atom. The molecule has 2 nitrogen and oxygen atoms in total. The van der Waals surface area contributed by atoms with Crippen LogP contribution in [0, 0.1) is 5.41 Å². The second kappa shape index (κ2) is 7.84. The van der Waals surface area contributed by atoms with Crippen LogP contribution in [0.5, 0.6) is 0 Å². The lowest BCUT2D eigenvalue weighted by atomic mass is 9.75. The van der Waals surface area contributed by atoms with E-state index in [1.165, 1.54) is 10.9 Å². The SMILES string of the molecule is CC(=O)c1c(-c2ccc(CC(F)(F)F)cc2CNS)sc2c1CC(C)(C)CC2. The van der Waals surface area contributed by atoms with Crippen LogP contribution in [0.3, 0.4) is 0 Å². The summed E-state index contributed by atoms with van der Waals surface area (Å²) in [5, 5.41) is 0. The van der Waals surface area contributed by atoms with Gasteiger partial charge in [-0.3, -0.25) is 9.52 Å². The average molecular weight is 428 g/mol. The Labute approximate surface area is 173 Å². The smallest absolute Gasteiger partial charge is 0.294 e. The van der Waals surface area contributed by atoms with Crippen LogP contribution in [0.2, 0.25) is 0 Å². The van der Waals surface area contributed by atoms with Crippen LogP contribution in [0.1, 0.15) is 59.1 Å². The summed E-state index contributed by atoms with van der Waals surface area (Å²) in [5.41, 5.74) is 3.74. The minimum atomic E-state index is -4.26. The highest BCUT2D eigenvalue weighted by atomic mass is 32.1. The number of halogens is 3. The second-order valence-corrected chi connectivity index (χ2v) is 9.64. The molecule has 1 N–H and O–H groups in total. The standard InChI is InChI=1S/C21H24F3NOS2/c1-12(26)18-16-10-20(2,3)7-6-17(16)28-19(18)15-5-4-13(9-21(22,23)24)8-14(15)11-25-27/h4-5,8,25,27H,6-7,9-11H2,1-3H3. The minimum absolute atomic E-state index is 0.00866. The number of alkyl halides is 3. The molecule has 0 spiro atoms. The van der Waals surface area contributed by atoms with Crippen molar-refractivity contribution in [3.05, 3.63) is 45.3 Å². The Morgan fingerprint density at radius 2 is 2.04 bits per heavy atom. The number of rotatable bonds is 5. The zero-order valence-electron chi connectivity index (χ0n) is 16.2. The summed E-state index contributed by atoms with van der Waals surface area (Å²) in [6, 6.07) is 4.80. The third kappa shape index (κ3) is 4.63. The minimum Gasteiger partial charge on any atom is -0.294 e. The summed E-state index contributed by atoms with van der Waals surface area (Å²) in [7, 11) is 0. The molecule has 0 bridgehead atoms. The maximum Gasteiger partial charge on any atom is 0.393 e. The number of hydrogen-bond acceptors (Lipinski definition) is 4. The number of thiophene rings is 1. The molecule has 7 heteroatoms. The van der Waals surface area contributed by atoms with Crippen LogP contribution >= 0.6 is 24.2 Å². The van der Waals surface area contributed by atoms with Gasteiger partial charge in [0.2, 0.25) is 0 Å². The number of carbonyl (C=O) groups excluding carboxylic acids is 1. The highest BCUT2D eigenvalue weighted by Crippen LogP contribution is 2.46. The van der Waals surface area contributed by atoms with E-state index in [0.29, 0.717) is 6.54 Å². The molecule has 0 amide bonds. The summed E-state index contributed by atoms with van der Waals surface area (Å²) >= 11 is 5.65. The highest BCUT2D eigenvalue weighted by molar-refractivity contribution is 7.78. The first kappa shape index (κ1) is 21.4. The van der Waals surface area contributed by atoms with Crippen LogP contribution in [-0.2, 0) is 25.8 Å². The number of nitrogens with one attached hydrogen (secondary N) is 1. The van der Waals surface area contributed by atoms with E-state index in [1.54, 1.807) is 30.4 Å². The van der Waals surface area contributed by atoms with Gasteiger partial charge >= 0.3 is 6.18 Å². The van der Waals surface area contributed by atoms with Crippen LogP contribution in [0.4, 0.5) is 13.2 Å². The highest BCUT2D eigenvalue weighted by Gasteiger charge is 2.33. The van der Waals surface area contributed by atoms with Gasteiger partial charge in [-0.1, -0.05) is 44.9 Å². The molecule has 28 heavy (non-hydrogen) atoms. The Balaban J connectivity index is 2.13. The third-order valence-corrected chi connectivity index (χ3v) is 6.70. The largest absolute Gasteiger partial charge is 0.393 e. The third-order valence-electron chi connectivity index (χ3n) is 5.22. The first-order valence-corrected chi connectivity index (χ1v) is 10.5. The van der Waals surface area contributed by atoms with Gasteiger partial charge in [-0.2, -0.15) is 13.2 Å². The first-order chi connectivity index (χ1) is 13.0. The lowest BCUT2D eigenvalue weighted by Crippen LogP contribution is -2.22. The molecule has 0 saturated carbocycles. The first-order valence-electron chi connectivity index (χ1n) is 9.22. The van der Waals surface area contributed by atoms with E-state index in [2.05, 4.69) is 31.4 Å². The number of fused-ring (bicyclic) bond motifs is 1. The van der Waals surface area contributed by atoms with Crippen LogP contribution in [0.15, 0.2) is 18.2 Å². The van der Waals surface area contributed by atoms with E-state index in [1.807, 2.05) is 0 Å². The topological polar surface area (TPSA) is 29.1 Å². The number of Topliss-reactive ketones (excluding diaryl/α,β-unsaturated/α-hetero) is 1. The van der Waals surface area contributed by atoms with Crippen molar-refractivity contribution in [1.82, 2.24) is 4.72 Å². The van der Waals surface area contributed by atoms with E-state index >= 15 is 0 Å². The van der Waals surface area contributed by atoms with E-state index in [9.17, 15) is 18.0 Å². The second-order valence-electron chi connectivity index (χ2n) is 8.22. The van der Waals surface area contributed by atoms with Crippen molar-refractivity contribution in [2.45, 2.75) is 59.2 Å². The summed E-state index contributed by atoms with van der Waals surface area (Å²) in [6.45, 7) is 6.30. The van der Waals surface area contributed by atoms with Gasteiger partial charge in [0.25, 0.3) is 0 Å². The van der Waals surface area contributed by atoms with Gasteiger partial charge in [0.1, 0.15) is 0 Å². The number of thiol groups is 1. The van der Waals surface area contributed by atoms with Crippen LogP contribution in [0.25, 0.3) is 10.4 Å². The Kier molecular flexibility index (Phi) is 5.99. The fourth-order valence-electron chi connectivity index (χ4n) is 3.92. The maximum absolute atomic E-state index is 12.8. The maximum atomic E-state index is 12.8. The van der Waals surface area contributed by atoms with E-state index in [-0.39, 0.29) is 16.8 Å². The Hall–Kier alpha value is -1.31. The normalized spacial score (nSPS) is 16.1. The predicted octanol–water partition coefficient (Wildman–Crippen LogP) is 6.17. The van der Waals surface area contributed by atoms with Crippen molar-refractivity contribution in [2.75, 3.05) is 0 Å². The fourth-order valence-corrected chi connectivity index (χ4v) is 5.52. The van der Waals surface area contributed by atoms with Crippen molar-refractivity contribution < 1.29 is 18.0 Å². The zero-order valence-corrected chi connectivity index (χ0v) is 17.9. The fraction of sp³-hybridized carbons (Fsp3) is 0.476. The number of benzene rings is 1. The Morgan fingerprint density at radius 1 is 1.32 bits per heavy atom. The molecular weight excluding hydrogens is 403 g/mol. The van der Waals surface area contributed by atoms with E-state index < -0.39 is 12.6 Å². The molecule has 1 heterocycles. The van der Waals surface area contributed by atoms with Crippen LogP contribution < -0.4 is 4.72 Å². The monoisotopic (exact) mass is 427 g/mol. The molecule has 1 aromatic heterocycles. The van der Waals surface area contributed by atoms with Gasteiger partial charge in [-0.25, -0.2) is 0 Å². The molecule has 1 aliphatic carbocycles. The molecule has 0 unspecified atom stereocenters. The van der Waals surface area contributed by atoms with Gasteiger partial charge in [0, 0.05) is 21.9 Å². The van der Waals surface area contributed by atoms with Crippen molar-refractivity contribution >= 4 is 29.9 Å². The predicted molar refractivity (Wildman–Crippen MR) is 111 cm³/mol. The zero-order chi connectivity index (χ0) is 20.7. The quantitative estimate of drug-likeness (QED) is 0.441. The van der Waals surface area contributed by atoms with E-state index in [4.69, 9.17) is 0 Å². The number of hydrogen-bond donors (Lipinski definition) is 2. The number of aryl methyl sites for hydroxylation is 1. The van der Waals surface area contributed by atoms with E-state index in [0.717, 1.165) is 46.4 Å². The molecule has 1 aliphatic rings. The van der Waals surface area contributed by atoms with Crippen molar-refractivity contribution in [1.29, 1.82) is 0 Å². The molecule has 1 aromatic carbocycles. The Bertz CT molecular complexity index is 900. The van der Waals surface area contributed by atoms with Crippen molar-refractivity contribution in [2.24, 2.45) is 5.41 Å². The lowest BCUT2D eigenvalue weighted by molar-refractivity contribution is -0.127. The molecule has 0 aliphatic heterocycles. The molecule has 3 rings (SSSR count). The van der Waals surface area contributed by atoms with Gasteiger partial charge in [-0.05, 0) is 53.9 Å². The van der Waals surface area contributed by atoms with Gasteiger partial charge < -0.3 is 0 Å². The number of carbonyl (C=O) groups is 1. The summed E-state index contributed by atoms with van der Waals surface area (Å²) in [4.78, 5) is 14.6. The summed E-state index contributed by atoms with van der Waals surface area (Å²) in [5.74, 6) is 0.00866. The molecule has 152 valence electrons. The summed E-state index contributed by atoms with van der Waals surface area (Å²) < 4.78 is 41.2. The molecule has 0 atom stereocenters. The molecular formula is C21H24F3NOS2. The van der Waals surface area contributed by atoms with Crippen molar-refractivity contribution in [3.63, 3.8) is 0 Å². The van der Waals surface area contributed by atoms with Gasteiger partial charge in [0.15, 0.2) is 5.78 Å². The molecule has 0 saturated heterocycles.